The number of benzene rings is 1. The minimum Gasteiger partial charge on any atom is -0.392 e. The van der Waals surface area contributed by atoms with Crippen LogP contribution in [0, 0.1) is 0 Å². The molecule has 20 heavy (non-hydrogen) atoms. The average Bonchev–Trinajstić information content (AvgIpc) is 2.89. The third kappa shape index (κ3) is 3.07. The molecule has 1 aliphatic rings. The lowest BCUT2D eigenvalue weighted by Crippen LogP contribution is -2.34. The van der Waals surface area contributed by atoms with Gasteiger partial charge in [-0.3, -0.25) is 0 Å². The average molecular weight is 363 g/mol. The van der Waals surface area contributed by atoms with E-state index in [-0.39, 0.29) is 17.5 Å². The van der Waals surface area contributed by atoms with Gasteiger partial charge in [-0.25, -0.2) is 8.42 Å². The van der Waals surface area contributed by atoms with E-state index in [1.165, 1.54) is 10.4 Å². The van der Waals surface area contributed by atoms with Gasteiger partial charge in [0.2, 0.25) is 10.0 Å². The van der Waals surface area contributed by atoms with Crippen LogP contribution in [-0.2, 0) is 16.6 Å². The molecule has 1 aromatic rings. The van der Waals surface area contributed by atoms with Crippen LogP contribution in [0.4, 0.5) is 0 Å². The number of nitrogens with zero attached hydrogens (tertiary/aromatic N) is 2. The fourth-order valence-electron chi connectivity index (χ4n) is 2.33. The van der Waals surface area contributed by atoms with Gasteiger partial charge >= 0.3 is 0 Å². The van der Waals surface area contributed by atoms with Gasteiger partial charge in [0, 0.05) is 23.6 Å². The molecule has 5 nitrogen and oxygen atoms in total. The summed E-state index contributed by atoms with van der Waals surface area (Å²) in [5.41, 5.74) is 0.593. The van der Waals surface area contributed by atoms with Crippen LogP contribution in [0.15, 0.2) is 27.6 Å². The number of sulfonamides is 1. The molecule has 1 fully saturated rings. The van der Waals surface area contributed by atoms with E-state index in [2.05, 4.69) is 20.8 Å². The SMILES string of the molecule is CN(C)C1CCN(S(=O)(=O)c2cc(CO)ccc2Br)C1. The van der Waals surface area contributed by atoms with E-state index in [0.717, 1.165) is 6.42 Å². The molecule has 1 atom stereocenters. The second-order valence-electron chi connectivity index (χ2n) is 5.19. The Morgan fingerprint density at radius 2 is 2.15 bits per heavy atom. The zero-order chi connectivity index (χ0) is 14.9. The Kier molecular flexibility index (Phi) is 4.86. The number of halogens is 1. The Balaban J connectivity index is 2.32. The second-order valence-corrected chi connectivity index (χ2v) is 7.95. The molecule has 1 saturated heterocycles. The van der Waals surface area contributed by atoms with Crippen LogP contribution < -0.4 is 0 Å². The maximum absolute atomic E-state index is 12.7. The summed E-state index contributed by atoms with van der Waals surface area (Å²) < 4.78 is 27.4. The van der Waals surface area contributed by atoms with Gasteiger partial charge in [0.05, 0.1) is 11.5 Å². The van der Waals surface area contributed by atoms with Crippen LogP contribution in [0.2, 0.25) is 0 Å². The van der Waals surface area contributed by atoms with Gasteiger partial charge < -0.3 is 10.0 Å². The molecule has 112 valence electrons. The molecule has 1 aliphatic heterocycles. The number of hydrogen-bond acceptors (Lipinski definition) is 4. The van der Waals surface area contributed by atoms with Gasteiger partial charge in [-0.15, -0.1) is 0 Å². The summed E-state index contributed by atoms with van der Waals surface area (Å²) in [4.78, 5) is 2.28. The molecule has 7 heteroatoms. The van der Waals surface area contributed by atoms with E-state index in [1.54, 1.807) is 12.1 Å². The van der Waals surface area contributed by atoms with Gasteiger partial charge in [0.1, 0.15) is 0 Å². The van der Waals surface area contributed by atoms with Crippen LogP contribution in [0.25, 0.3) is 0 Å². The highest BCUT2D eigenvalue weighted by Crippen LogP contribution is 2.29. The van der Waals surface area contributed by atoms with Crippen molar-refractivity contribution in [2.75, 3.05) is 27.2 Å². The molecule has 1 heterocycles. The summed E-state index contributed by atoms with van der Waals surface area (Å²) in [5.74, 6) is 0. The van der Waals surface area contributed by atoms with Crippen molar-refractivity contribution in [1.82, 2.24) is 9.21 Å². The van der Waals surface area contributed by atoms with Crippen LogP contribution in [0.3, 0.4) is 0 Å². The van der Waals surface area contributed by atoms with Gasteiger partial charge in [-0.05, 0) is 54.1 Å². The minimum absolute atomic E-state index is 0.171. The monoisotopic (exact) mass is 362 g/mol. The molecular weight excluding hydrogens is 344 g/mol. The maximum atomic E-state index is 12.7. The zero-order valence-electron chi connectivity index (χ0n) is 11.6. The molecule has 1 unspecified atom stereocenters. The fraction of sp³-hybridized carbons (Fsp3) is 0.538. The highest BCUT2D eigenvalue weighted by molar-refractivity contribution is 9.10. The van der Waals surface area contributed by atoms with Crippen molar-refractivity contribution in [3.8, 4) is 0 Å². The Hall–Kier alpha value is -0.470. The molecule has 2 rings (SSSR count). The predicted octanol–water partition coefficient (Wildman–Crippen LogP) is 1.27. The van der Waals surface area contributed by atoms with Crippen molar-refractivity contribution in [2.45, 2.75) is 24.0 Å². The van der Waals surface area contributed by atoms with Crippen LogP contribution >= 0.6 is 15.9 Å². The van der Waals surface area contributed by atoms with Crippen molar-refractivity contribution in [1.29, 1.82) is 0 Å². The Morgan fingerprint density at radius 3 is 2.70 bits per heavy atom. The summed E-state index contributed by atoms with van der Waals surface area (Å²) in [5, 5.41) is 9.17. The Bertz CT molecular complexity index is 589. The normalized spacial score (nSPS) is 20.8. The smallest absolute Gasteiger partial charge is 0.244 e. The Morgan fingerprint density at radius 1 is 1.45 bits per heavy atom. The van der Waals surface area contributed by atoms with E-state index in [1.807, 2.05) is 14.1 Å². The quantitative estimate of drug-likeness (QED) is 0.875. The summed E-state index contributed by atoms with van der Waals surface area (Å²) in [6.45, 7) is 0.863. The topological polar surface area (TPSA) is 60.9 Å². The molecule has 0 radical (unpaired) electrons. The molecular formula is C13H19BrN2O3S. The molecule has 0 aliphatic carbocycles. The summed E-state index contributed by atoms with van der Waals surface area (Å²) in [6.07, 6.45) is 0.837. The van der Waals surface area contributed by atoms with Crippen molar-refractivity contribution < 1.29 is 13.5 Å². The summed E-state index contributed by atoms with van der Waals surface area (Å²) in [6, 6.07) is 5.15. The van der Waals surface area contributed by atoms with E-state index >= 15 is 0 Å². The van der Waals surface area contributed by atoms with Gasteiger partial charge in [-0.2, -0.15) is 4.31 Å². The maximum Gasteiger partial charge on any atom is 0.244 e. The predicted molar refractivity (Wildman–Crippen MR) is 80.9 cm³/mol. The number of rotatable bonds is 4. The minimum atomic E-state index is -3.52. The first kappa shape index (κ1) is 15.9. The van der Waals surface area contributed by atoms with Gasteiger partial charge in [-0.1, -0.05) is 6.07 Å². The van der Waals surface area contributed by atoms with Crippen molar-refractivity contribution in [3.63, 3.8) is 0 Å². The van der Waals surface area contributed by atoms with Crippen LogP contribution in [0.1, 0.15) is 12.0 Å². The zero-order valence-corrected chi connectivity index (χ0v) is 14.0. The highest BCUT2D eigenvalue weighted by atomic mass is 79.9. The summed E-state index contributed by atoms with van der Waals surface area (Å²) in [7, 11) is 0.403. The molecule has 1 aromatic carbocycles. The van der Waals surface area contributed by atoms with Crippen molar-refractivity contribution in [3.05, 3.63) is 28.2 Å². The van der Waals surface area contributed by atoms with Gasteiger partial charge in [0.15, 0.2) is 0 Å². The standard InChI is InChI=1S/C13H19BrN2O3S/c1-15(2)11-5-6-16(8-11)20(18,19)13-7-10(9-17)3-4-12(13)14/h3-4,7,11,17H,5-6,8-9H2,1-2H3. The van der Waals surface area contributed by atoms with Crippen LogP contribution in [0.5, 0.6) is 0 Å². The van der Waals surface area contributed by atoms with E-state index in [0.29, 0.717) is 23.1 Å². The third-order valence-electron chi connectivity index (χ3n) is 3.65. The molecule has 0 spiro atoms. The number of aliphatic hydroxyl groups is 1. The largest absolute Gasteiger partial charge is 0.392 e. The van der Waals surface area contributed by atoms with E-state index in [4.69, 9.17) is 5.11 Å². The first-order valence-electron chi connectivity index (χ1n) is 6.42. The molecule has 0 saturated carbocycles. The highest BCUT2D eigenvalue weighted by Gasteiger charge is 2.34. The fourth-order valence-corrected chi connectivity index (χ4v) is 4.80. The lowest BCUT2D eigenvalue weighted by Gasteiger charge is -2.21. The molecule has 1 N–H and O–H groups in total. The van der Waals surface area contributed by atoms with Crippen molar-refractivity contribution in [2.24, 2.45) is 0 Å². The van der Waals surface area contributed by atoms with Gasteiger partial charge in [0.25, 0.3) is 0 Å². The second kappa shape index (κ2) is 6.11. The first-order valence-corrected chi connectivity index (χ1v) is 8.65. The first-order chi connectivity index (χ1) is 9.36. The Labute approximate surface area is 128 Å². The lowest BCUT2D eigenvalue weighted by molar-refractivity contribution is 0.281. The van der Waals surface area contributed by atoms with E-state index < -0.39 is 10.0 Å². The number of likely N-dealkylation sites (N-methyl/N-ethyl adjacent to an activating group) is 1. The lowest BCUT2D eigenvalue weighted by atomic mass is 10.2. The van der Waals surface area contributed by atoms with E-state index in [9.17, 15) is 8.42 Å². The molecule has 0 amide bonds. The summed E-state index contributed by atoms with van der Waals surface area (Å²) >= 11 is 3.29. The van der Waals surface area contributed by atoms with Crippen molar-refractivity contribution >= 4 is 26.0 Å². The van der Waals surface area contributed by atoms with Crippen LogP contribution in [-0.4, -0.2) is 56.0 Å². The third-order valence-corrected chi connectivity index (χ3v) is 6.51. The molecule has 0 aromatic heterocycles. The number of aliphatic hydroxyl groups excluding tert-OH is 1. The molecule has 0 bridgehead atoms. The number of hydrogen-bond donors (Lipinski definition) is 1.